The van der Waals surface area contributed by atoms with E-state index in [1.54, 1.807) is 13.0 Å². The monoisotopic (exact) mass is 311 g/mol. The first kappa shape index (κ1) is 16.6. The highest BCUT2D eigenvalue weighted by Gasteiger charge is 2.35. The molecule has 1 heterocycles. The van der Waals surface area contributed by atoms with E-state index in [0.717, 1.165) is 11.1 Å². The molecule has 0 radical (unpaired) electrons. The maximum absolute atomic E-state index is 11.3. The second-order valence-corrected chi connectivity index (χ2v) is 5.23. The minimum Gasteiger partial charge on any atom is -0.475 e. The lowest BCUT2D eigenvalue weighted by Gasteiger charge is -2.26. The van der Waals surface area contributed by atoms with Gasteiger partial charge in [0, 0.05) is 0 Å². The summed E-state index contributed by atoms with van der Waals surface area (Å²) < 4.78 is 5.69. The fourth-order valence-electron chi connectivity index (χ4n) is 2.68. The lowest BCUT2D eigenvalue weighted by Crippen LogP contribution is -2.32. The molecule has 1 aromatic carbocycles. The van der Waals surface area contributed by atoms with Crippen LogP contribution in [0.25, 0.3) is 0 Å². The zero-order chi connectivity index (χ0) is 16.8. The summed E-state index contributed by atoms with van der Waals surface area (Å²) in [6.45, 7) is 7.41. The van der Waals surface area contributed by atoms with Crippen molar-refractivity contribution in [3.8, 4) is 0 Å². The van der Waals surface area contributed by atoms with Crippen molar-refractivity contribution in [2.24, 2.45) is 0 Å². The number of ether oxygens (including phenoxy) is 1. The van der Waals surface area contributed by atoms with Crippen molar-refractivity contribution in [3.63, 3.8) is 0 Å². The summed E-state index contributed by atoms with van der Waals surface area (Å²) in [5.74, 6) is -1.25. The van der Waals surface area contributed by atoms with Crippen LogP contribution in [0, 0.1) is 0 Å². The van der Waals surface area contributed by atoms with Crippen LogP contribution in [0.15, 0.2) is 78.2 Å². The van der Waals surface area contributed by atoms with Gasteiger partial charge >= 0.3 is 5.97 Å². The first-order valence-electron chi connectivity index (χ1n) is 7.46. The molecule has 120 valence electrons. The molecule has 0 aromatic heterocycles. The predicted octanol–water partition coefficient (Wildman–Crippen LogP) is 3.72. The van der Waals surface area contributed by atoms with E-state index in [4.69, 9.17) is 4.74 Å². The summed E-state index contributed by atoms with van der Waals surface area (Å²) in [5, 5.41) is 12.4. The normalized spacial score (nSPS) is 19.4. The van der Waals surface area contributed by atoms with Gasteiger partial charge in [0.15, 0.2) is 6.23 Å². The summed E-state index contributed by atoms with van der Waals surface area (Å²) >= 11 is 0. The number of carboxylic acids is 1. The SMILES string of the molecule is C=C/C=C(\C=C/C)C(c1ccccc1)C1NC(C)=C(C(=O)O)O1. The first-order chi connectivity index (χ1) is 11.1. The van der Waals surface area contributed by atoms with Crippen LogP contribution in [-0.2, 0) is 9.53 Å². The van der Waals surface area contributed by atoms with Crippen molar-refractivity contribution >= 4 is 5.97 Å². The maximum atomic E-state index is 11.3. The lowest BCUT2D eigenvalue weighted by atomic mass is 9.88. The fraction of sp³-hybridized carbons (Fsp3) is 0.211. The van der Waals surface area contributed by atoms with E-state index in [2.05, 4.69) is 11.9 Å². The zero-order valence-corrected chi connectivity index (χ0v) is 13.3. The highest BCUT2D eigenvalue weighted by Crippen LogP contribution is 2.34. The lowest BCUT2D eigenvalue weighted by molar-refractivity contribution is -0.137. The van der Waals surface area contributed by atoms with Crippen LogP contribution in [0.5, 0.6) is 0 Å². The van der Waals surface area contributed by atoms with Crippen molar-refractivity contribution in [3.05, 3.63) is 83.8 Å². The molecule has 2 atom stereocenters. The minimum absolute atomic E-state index is 0.0330. The van der Waals surface area contributed by atoms with Gasteiger partial charge in [0.25, 0.3) is 0 Å². The summed E-state index contributed by atoms with van der Waals surface area (Å²) in [4.78, 5) is 11.3. The smallest absolute Gasteiger partial charge is 0.373 e. The number of carboxylic acid groups (broad SMARTS) is 1. The Morgan fingerprint density at radius 3 is 2.61 bits per heavy atom. The van der Waals surface area contributed by atoms with Crippen LogP contribution in [0.2, 0.25) is 0 Å². The van der Waals surface area contributed by atoms with Gasteiger partial charge in [0.2, 0.25) is 5.76 Å². The Bertz CT molecular complexity index is 671. The molecule has 1 aliphatic rings. The summed E-state index contributed by atoms with van der Waals surface area (Å²) in [6, 6.07) is 9.87. The molecule has 1 aromatic rings. The zero-order valence-electron chi connectivity index (χ0n) is 13.3. The molecule has 0 aliphatic carbocycles. The van der Waals surface area contributed by atoms with E-state index in [-0.39, 0.29) is 11.7 Å². The molecule has 0 fully saturated rings. The van der Waals surface area contributed by atoms with Gasteiger partial charge in [-0.15, -0.1) is 0 Å². The molecule has 23 heavy (non-hydrogen) atoms. The average Bonchev–Trinajstić information content (AvgIpc) is 2.91. The fourth-order valence-corrected chi connectivity index (χ4v) is 2.68. The second-order valence-electron chi connectivity index (χ2n) is 5.23. The van der Waals surface area contributed by atoms with Crippen molar-refractivity contribution in [2.75, 3.05) is 0 Å². The second kappa shape index (κ2) is 7.49. The Balaban J connectivity index is 2.42. The van der Waals surface area contributed by atoms with Gasteiger partial charge in [-0.1, -0.05) is 61.2 Å². The third kappa shape index (κ3) is 3.72. The third-order valence-electron chi connectivity index (χ3n) is 3.63. The molecule has 0 saturated heterocycles. The predicted molar refractivity (Wildman–Crippen MR) is 90.6 cm³/mol. The van der Waals surface area contributed by atoms with Gasteiger partial charge in [0.1, 0.15) is 0 Å². The largest absolute Gasteiger partial charge is 0.475 e. The average molecular weight is 311 g/mol. The molecule has 2 unspecified atom stereocenters. The summed E-state index contributed by atoms with van der Waals surface area (Å²) in [6.07, 6.45) is 7.08. The van der Waals surface area contributed by atoms with Crippen LogP contribution < -0.4 is 5.32 Å². The van der Waals surface area contributed by atoms with Gasteiger partial charge in [-0.3, -0.25) is 0 Å². The van der Waals surface area contributed by atoms with E-state index >= 15 is 0 Å². The summed E-state index contributed by atoms with van der Waals surface area (Å²) in [5.41, 5.74) is 2.56. The maximum Gasteiger partial charge on any atom is 0.373 e. The Morgan fingerprint density at radius 1 is 1.39 bits per heavy atom. The molecular weight excluding hydrogens is 290 g/mol. The number of aliphatic carboxylic acids is 1. The van der Waals surface area contributed by atoms with Crippen molar-refractivity contribution in [1.82, 2.24) is 5.32 Å². The minimum atomic E-state index is -1.07. The van der Waals surface area contributed by atoms with Crippen molar-refractivity contribution in [2.45, 2.75) is 26.0 Å². The van der Waals surface area contributed by atoms with E-state index in [0.29, 0.717) is 5.70 Å². The van der Waals surface area contributed by atoms with Gasteiger partial charge in [-0.2, -0.15) is 0 Å². The number of allylic oxidation sites excluding steroid dienone is 5. The van der Waals surface area contributed by atoms with Crippen molar-refractivity contribution in [1.29, 1.82) is 0 Å². The highest BCUT2D eigenvalue weighted by atomic mass is 16.5. The molecule has 4 nitrogen and oxygen atoms in total. The van der Waals surface area contributed by atoms with Gasteiger partial charge < -0.3 is 15.2 Å². The topological polar surface area (TPSA) is 58.6 Å². The molecular formula is C19H21NO3. The molecule has 2 N–H and O–H groups in total. The van der Waals surface area contributed by atoms with Gasteiger partial charge in [-0.25, -0.2) is 4.79 Å². The van der Waals surface area contributed by atoms with Gasteiger partial charge in [0.05, 0.1) is 11.6 Å². The highest BCUT2D eigenvalue weighted by molar-refractivity contribution is 5.85. The van der Waals surface area contributed by atoms with E-state index in [9.17, 15) is 9.90 Å². The Morgan fingerprint density at radius 2 is 2.09 bits per heavy atom. The van der Waals surface area contributed by atoms with Crippen LogP contribution in [0.1, 0.15) is 25.3 Å². The standard InChI is InChI=1S/C19H21NO3/c1-4-9-14(10-5-2)16(15-11-7-6-8-12-15)18-20-13(3)17(23-18)19(21)22/h4-12,16,18,20H,1H2,2-3H3,(H,21,22)/b10-5-,14-9+. The summed E-state index contributed by atoms with van der Waals surface area (Å²) in [7, 11) is 0. The molecule has 4 heteroatoms. The number of benzene rings is 1. The third-order valence-corrected chi connectivity index (χ3v) is 3.63. The molecule has 0 amide bonds. The van der Waals surface area contributed by atoms with Crippen LogP contribution in [0.3, 0.4) is 0 Å². The van der Waals surface area contributed by atoms with E-state index < -0.39 is 12.2 Å². The molecule has 0 bridgehead atoms. The van der Waals surface area contributed by atoms with E-state index in [1.165, 1.54) is 0 Å². The van der Waals surface area contributed by atoms with Gasteiger partial charge in [-0.05, 0) is 25.0 Å². The van der Waals surface area contributed by atoms with Crippen LogP contribution in [-0.4, -0.2) is 17.3 Å². The first-order valence-corrected chi connectivity index (χ1v) is 7.46. The van der Waals surface area contributed by atoms with Crippen LogP contribution >= 0.6 is 0 Å². The molecule has 0 saturated carbocycles. The number of hydrogen-bond donors (Lipinski definition) is 2. The van der Waals surface area contributed by atoms with Crippen LogP contribution in [0.4, 0.5) is 0 Å². The molecule has 0 spiro atoms. The number of hydrogen-bond acceptors (Lipinski definition) is 3. The number of nitrogens with one attached hydrogen (secondary N) is 1. The molecule has 2 rings (SSSR count). The quantitative estimate of drug-likeness (QED) is 0.786. The van der Waals surface area contributed by atoms with Crippen molar-refractivity contribution < 1.29 is 14.6 Å². The Labute approximate surface area is 136 Å². The molecule has 1 aliphatic heterocycles. The van der Waals surface area contributed by atoms with E-state index in [1.807, 2.05) is 55.5 Å². The Hall–Kier alpha value is -2.75. The number of carbonyl (C=O) groups is 1. The number of rotatable bonds is 6. The Kier molecular flexibility index (Phi) is 5.41.